The fraction of sp³-hybridized carbons (Fsp3) is 1.00. The Morgan fingerprint density at radius 3 is 1.83 bits per heavy atom. The van der Waals surface area contributed by atoms with E-state index in [-0.39, 0.29) is 0 Å². The number of hydrogen-bond acceptors (Lipinski definition) is 2. The van der Waals surface area contributed by atoms with Crippen LogP contribution in [0.1, 0.15) is 13.8 Å². The van der Waals surface area contributed by atoms with Gasteiger partial charge in [0, 0.05) is 0 Å². The Kier molecular flexibility index (Phi) is 3.14. The molecular formula is C9H22NOP. The van der Waals surface area contributed by atoms with Crippen LogP contribution >= 0.6 is 7.41 Å². The van der Waals surface area contributed by atoms with Gasteiger partial charge in [-0.25, -0.2) is 0 Å². The number of hydrogen-bond donors (Lipinski definition) is 0. The van der Waals surface area contributed by atoms with Gasteiger partial charge in [-0.1, -0.05) is 0 Å². The third-order valence-electron chi connectivity index (χ3n) is 2.37. The third-order valence-corrected chi connectivity index (χ3v) is 4.63. The van der Waals surface area contributed by atoms with Crippen molar-refractivity contribution in [3.05, 3.63) is 0 Å². The Bertz CT molecular complexity index is 145. The SMILES string of the molecule is CC1CN([PH](C)(C)C)CC(C)O1. The average Bonchev–Trinajstić information content (AvgIpc) is 1.82. The average molecular weight is 191 g/mol. The van der Waals surface area contributed by atoms with E-state index in [2.05, 4.69) is 38.5 Å². The van der Waals surface area contributed by atoms with Crippen LogP contribution in [0.2, 0.25) is 0 Å². The van der Waals surface area contributed by atoms with Crippen LogP contribution in [0.3, 0.4) is 0 Å². The molecule has 0 aromatic carbocycles. The number of ether oxygens (including phenoxy) is 1. The van der Waals surface area contributed by atoms with Crippen molar-refractivity contribution < 1.29 is 4.74 Å². The van der Waals surface area contributed by atoms with Gasteiger partial charge < -0.3 is 0 Å². The Balaban J connectivity index is 2.55. The molecule has 0 N–H and O–H groups in total. The molecule has 0 aromatic heterocycles. The zero-order chi connectivity index (χ0) is 9.35. The maximum absolute atomic E-state index is 5.69. The van der Waals surface area contributed by atoms with Crippen molar-refractivity contribution in [2.24, 2.45) is 0 Å². The summed E-state index contributed by atoms with van der Waals surface area (Å²) in [7, 11) is -1.09. The van der Waals surface area contributed by atoms with Crippen LogP contribution in [-0.4, -0.2) is 50.0 Å². The van der Waals surface area contributed by atoms with E-state index in [4.69, 9.17) is 4.74 Å². The first kappa shape index (κ1) is 10.4. The minimum absolute atomic E-state index is 0.417. The molecule has 1 rings (SSSR count). The molecule has 1 saturated heterocycles. The summed E-state index contributed by atoms with van der Waals surface area (Å²) < 4.78 is 8.32. The van der Waals surface area contributed by atoms with E-state index in [1.165, 1.54) is 0 Å². The summed E-state index contributed by atoms with van der Waals surface area (Å²) in [6, 6.07) is 0. The third kappa shape index (κ3) is 2.69. The van der Waals surface area contributed by atoms with Crippen molar-refractivity contribution in [3.63, 3.8) is 0 Å². The molecule has 3 heteroatoms. The van der Waals surface area contributed by atoms with E-state index < -0.39 is 7.41 Å². The van der Waals surface area contributed by atoms with Crippen LogP contribution in [0.5, 0.6) is 0 Å². The van der Waals surface area contributed by atoms with Gasteiger partial charge in [-0.3, -0.25) is 0 Å². The summed E-state index contributed by atoms with van der Waals surface area (Å²) >= 11 is 0. The standard InChI is InChI=1S/C9H22NOP/c1-8-6-10(12(3,4)5)7-9(2)11-8/h8-9,12H,6-7H2,1-5H3. The monoisotopic (exact) mass is 191 g/mol. The van der Waals surface area contributed by atoms with Crippen LogP contribution in [0.4, 0.5) is 0 Å². The van der Waals surface area contributed by atoms with Crippen molar-refractivity contribution in [1.82, 2.24) is 4.67 Å². The molecular weight excluding hydrogens is 169 g/mol. The van der Waals surface area contributed by atoms with Crippen LogP contribution in [0.25, 0.3) is 0 Å². The minimum atomic E-state index is -1.09. The zero-order valence-corrected chi connectivity index (χ0v) is 9.92. The van der Waals surface area contributed by atoms with Gasteiger partial charge >= 0.3 is 76.0 Å². The summed E-state index contributed by atoms with van der Waals surface area (Å²) in [6.45, 7) is 13.8. The summed E-state index contributed by atoms with van der Waals surface area (Å²) in [5, 5.41) is 0. The summed E-state index contributed by atoms with van der Waals surface area (Å²) in [6.07, 6.45) is 0.834. The maximum atomic E-state index is 5.69. The van der Waals surface area contributed by atoms with E-state index in [1.54, 1.807) is 0 Å². The van der Waals surface area contributed by atoms with E-state index in [0.29, 0.717) is 12.2 Å². The first-order valence-electron chi connectivity index (χ1n) is 4.80. The Hall–Kier alpha value is 0.350. The van der Waals surface area contributed by atoms with Gasteiger partial charge in [-0.2, -0.15) is 0 Å². The summed E-state index contributed by atoms with van der Waals surface area (Å²) in [4.78, 5) is 0. The second-order valence-corrected chi connectivity index (χ2v) is 9.81. The molecule has 2 atom stereocenters. The van der Waals surface area contributed by atoms with Crippen LogP contribution in [0, 0.1) is 0 Å². The topological polar surface area (TPSA) is 12.5 Å². The van der Waals surface area contributed by atoms with Gasteiger partial charge in [0.2, 0.25) is 0 Å². The van der Waals surface area contributed by atoms with Gasteiger partial charge in [-0.05, 0) is 0 Å². The van der Waals surface area contributed by atoms with E-state index >= 15 is 0 Å². The Labute approximate surface area is 76.7 Å². The number of rotatable bonds is 1. The number of morpholine rings is 1. The molecule has 0 saturated carbocycles. The molecule has 0 aliphatic carbocycles. The molecule has 1 aliphatic heterocycles. The van der Waals surface area contributed by atoms with Gasteiger partial charge in [-0.15, -0.1) is 0 Å². The summed E-state index contributed by atoms with van der Waals surface area (Å²) in [5.74, 6) is 0. The van der Waals surface area contributed by atoms with E-state index in [0.717, 1.165) is 13.1 Å². The molecule has 0 bridgehead atoms. The Morgan fingerprint density at radius 1 is 1.08 bits per heavy atom. The van der Waals surface area contributed by atoms with Gasteiger partial charge in [0.25, 0.3) is 0 Å². The fourth-order valence-electron chi connectivity index (χ4n) is 1.73. The predicted octanol–water partition coefficient (Wildman–Crippen LogP) is 1.65. The van der Waals surface area contributed by atoms with Crippen molar-refractivity contribution in [1.29, 1.82) is 0 Å². The molecule has 1 heterocycles. The molecule has 2 nitrogen and oxygen atoms in total. The normalized spacial score (nSPS) is 35.1. The molecule has 1 fully saturated rings. The van der Waals surface area contributed by atoms with Crippen molar-refractivity contribution in [2.45, 2.75) is 26.1 Å². The predicted molar refractivity (Wildman–Crippen MR) is 57.7 cm³/mol. The van der Waals surface area contributed by atoms with E-state index in [1.807, 2.05) is 0 Å². The van der Waals surface area contributed by atoms with Gasteiger partial charge in [0.05, 0.1) is 0 Å². The molecule has 2 unspecified atom stereocenters. The molecule has 0 spiro atoms. The Morgan fingerprint density at radius 2 is 1.50 bits per heavy atom. The molecule has 74 valence electrons. The summed E-state index contributed by atoms with van der Waals surface area (Å²) in [5.41, 5.74) is 0. The van der Waals surface area contributed by atoms with Gasteiger partial charge in [0.15, 0.2) is 0 Å². The number of nitrogens with zero attached hydrogens (tertiary/aromatic N) is 1. The second kappa shape index (κ2) is 3.61. The van der Waals surface area contributed by atoms with Crippen molar-refractivity contribution in [2.75, 3.05) is 33.1 Å². The first-order valence-corrected chi connectivity index (χ1v) is 8.25. The first-order chi connectivity index (χ1) is 5.39. The molecule has 0 amide bonds. The molecule has 0 aromatic rings. The molecule has 0 radical (unpaired) electrons. The zero-order valence-electron chi connectivity index (χ0n) is 8.92. The molecule has 12 heavy (non-hydrogen) atoms. The van der Waals surface area contributed by atoms with Crippen LogP contribution < -0.4 is 0 Å². The van der Waals surface area contributed by atoms with Crippen molar-refractivity contribution in [3.8, 4) is 0 Å². The van der Waals surface area contributed by atoms with Crippen LogP contribution in [0.15, 0.2) is 0 Å². The molecule has 1 aliphatic rings. The fourth-order valence-corrected chi connectivity index (χ4v) is 3.34. The van der Waals surface area contributed by atoms with Crippen molar-refractivity contribution >= 4 is 7.41 Å². The van der Waals surface area contributed by atoms with Crippen LogP contribution in [-0.2, 0) is 4.74 Å². The quantitative estimate of drug-likeness (QED) is 0.584. The van der Waals surface area contributed by atoms with Gasteiger partial charge in [0.1, 0.15) is 0 Å². The van der Waals surface area contributed by atoms with E-state index in [9.17, 15) is 0 Å². The second-order valence-electron chi connectivity index (χ2n) is 4.83.